The molecule has 6 nitrogen and oxygen atoms in total. The van der Waals surface area contributed by atoms with E-state index in [1.54, 1.807) is 0 Å². The van der Waals surface area contributed by atoms with Crippen LogP contribution in [-0.4, -0.2) is 46.1 Å². The lowest BCUT2D eigenvalue weighted by atomic mass is 10.3. The van der Waals surface area contributed by atoms with Crippen LogP contribution < -0.4 is 9.80 Å². The lowest BCUT2D eigenvalue weighted by Crippen LogP contribution is -2.25. The number of hydrogen-bond donors (Lipinski definition) is 0. The standard InChI is InChI=1S/C16H22N6/c1-11-12(2)18-14-13(17-11)15(21-7-3-4-8-21)20-16(19-14)22-9-5-6-10-22/h3-10H2,1-2H3. The van der Waals surface area contributed by atoms with Crippen LogP contribution in [0.15, 0.2) is 0 Å². The Labute approximate surface area is 130 Å². The van der Waals surface area contributed by atoms with Crippen molar-refractivity contribution >= 4 is 22.9 Å². The molecule has 4 rings (SSSR count). The smallest absolute Gasteiger partial charge is 0.229 e. The molecule has 0 unspecified atom stereocenters. The Morgan fingerprint density at radius 2 is 1.27 bits per heavy atom. The van der Waals surface area contributed by atoms with Gasteiger partial charge in [-0.3, -0.25) is 0 Å². The summed E-state index contributed by atoms with van der Waals surface area (Å²) >= 11 is 0. The topological polar surface area (TPSA) is 58.0 Å². The van der Waals surface area contributed by atoms with Gasteiger partial charge >= 0.3 is 0 Å². The average molecular weight is 298 g/mol. The van der Waals surface area contributed by atoms with E-state index in [0.717, 1.165) is 60.5 Å². The minimum absolute atomic E-state index is 0.738. The largest absolute Gasteiger partial charge is 0.355 e. The summed E-state index contributed by atoms with van der Waals surface area (Å²) in [6.07, 6.45) is 4.89. The number of fused-ring (bicyclic) bond motifs is 1. The van der Waals surface area contributed by atoms with E-state index in [2.05, 4.69) is 14.8 Å². The van der Waals surface area contributed by atoms with Gasteiger partial charge in [-0.1, -0.05) is 0 Å². The van der Waals surface area contributed by atoms with Gasteiger partial charge in [0.2, 0.25) is 5.95 Å². The highest BCUT2D eigenvalue weighted by atomic mass is 15.3. The monoisotopic (exact) mass is 298 g/mol. The number of aromatic nitrogens is 4. The second-order valence-electron chi connectivity index (χ2n) is 6.30. The fourth-order valence-electron chi connectivity index (χ4n) is 3.29. The molecule has 116 valence electrons. The molecule has 2 aromatic heterocycles. The van der Waals surface area contributed by atoms with Crippen LogP contribution in [0.5, 0.6) is 0 Å². The highest BCUT2D eigenvalue weighted by Gasteiger charge is 2.23. The van der Waals surface area contributed by atoms with E-state index < -0.39 is 0 Å². The lowest BCUT2D eigenvalue weighted by Gasteiger charge is -2.21. The molecule has 0 N–H and O–H groups in total. The summed E-state index contributed by atoms with van der Waals surface area (Å²) in [5.41, 5.74) is 3.51. The Bertz CT molecular complexity index is 701. The Hall–Kier alpha value is -1.98. The summed E-state index contributed by atoms with van der Waals surface area (Å²) in [7, 11) is 0. The minimum Gasteiger partial charge on any atom is -0.355 e. The van der Waals surface area contributed by atoms with Crippen LogP contribution in [0.4, 0.5) is 11.8 Å². The van der Waals surface area contributed by atoms with Crippen molar-refractivity contribution in [1.29, 1.82) is 0 Å². The summed E-state index contributed by atoms with van der Waals surface area (Å²) in [4.78, 5) is 23.6. The molecule has 2 aliphatic rings. The van der Waals surface area contributed by atoms with Crippen LogP contribution in [0.1, 0.15) is 37.1 Å². The van der Waals surface area contributed by atoms with E-state index in [0.29, 0.717) is 0 Å². The minimum atomic E-state index is 0.738. The van der Waals surface area contributed by atoms with Crippen LogP contribution in [0.25, 0.3) is 11.2 Å². The molecule has 2 fully saturated rings. The highest BCUT2D eigenvalue weighted by molar-refractivity contribution is 5.84. The fraction of sp³-hybridized carbons (Fsp3) is 0.625. The third-order valence-electron chi connectivity index (χ3n) is 4.71. The quantitative estimate of drug-likeness (QED) is 0.847. The SMILES string of the molecule is Cc1nc2nc(N3CCCC3)nc(N3CCCC3)c2nc1C. The Balaban J connectivity index is 1.89. The van der Waals surface area contributed by atoms with Crippen molar-refractivity contribution in [2.45, 2.75) is 39.5 Å². The Morgan fingerprint density at radius 1 is 0.682 bits per heavy atom. The predicted octanol–water partition coefficient (Wildman–Crippen LogP) is 2.24. The van der Waals surface area contributed by atoms with Gasteiger partial charge in [-0.2, -0.15) is 9.97 Å². The second kappa shape index (κ2) is 5.34. The average Bonchev–Trinajstić information content (AvgIpc) is 3.21. The van der Waals surface area contributed by atoms with Gasteiger partial charge in [0, 0.05) is 26.2 Å². The van der Waals surface area contributed by atoms with Gasteiger partial charge in [0.05, 0.1) is 11.4 Å². The van der Waals surface area contributed by atoms with Crippen molar-refractivity contribution < 1.29 is 0 Å². The number of hydrogen-bond acceptors (Lipinski definition) is 6. The van der Waals surface area contributed by atoms with Crippen LogP contribution in [0, 0.1) is 13.8 Å². The maximum Gasteiger partial charge on any atom is 0.229 e. The molecule has 0 saturated carbocycles. The molecule has 0 amide bonds. The zero-order valence-electron chi connectivity index (χ0n) is 13.3. The first-order chi connectivity index (χ1) is 10.7. The van der Waals surface area contributed by atoms with E-state index in [-0.39, 0.29) is 0 Å². The van der Waals surface area contributed by atoms with Gasteiger partial charge in [-0.25, -0.2) is 9.97 Å². The van der Waals surface area contributed by atoms with E-state index in [1.807, 2.05) is 13.8 Å². The number of aryl methyl sites for hydroxylation is 2. The predicted molar refractivity (Wildman–Crippen MR) is 87.5 cm³/mol. The van der Waals surface area contributed by atoms with E-state index >= 15 is 0 Å². The van der Waals surface area contributed by atoms with Crippen molar-refractivity contribution in [1.82, 2.24) is 19.9 Å². The van der Waals surface area contributed by atoms with Gasteiger partial charge in [0.25, 0.3) is 0 Å². The molecule has 2 aromatic rings. The fourth-order valence-corrected chi connectivity index (χ4v) is 3.29. The first-order valence-electron chi connectivity index (χ1n) is 8.25. The van der Waals surface area contributed by atoms with Gasteiger partial charge in [-0.15, -0.1) is 0 Å². The molecule has 6 heteroatoms. The third kappa shape index (κ3) is 2.26. The number of anilines is 2. The molecule has 0 aliphatic carbocycles. The van der Waals surface area contributed by atoms with E-state index in [9.17, 15) is 0 Å². The van der Waals surface area contributed by atoms with Crippen LogP contribution in [0.2, 0.25) is 0 Å². The molecule has 2 saturated heterocycles. The third-order valence-corrected chi connectivity index (χ3v) is 4.71. The summed E-state index contributed by atoms with van der Waals surface area (Å²) in [6, 6.07) is 0. The summed E-state index contributed by atoms with van der Waals surface area (Å²) in [5, 5.41) is 0. The molecule has 22 heavy (non-hydrogen) atoms. The maximum absolute atomic E-state index is 4.87. The van der Waals surface area contributed by atoms with Crippen molar-refractivity contribution in [3.05, 3.63) is 11.4 Å². The Morgan fingerprint density at radius 3 is 1.95 bits per heavy atom. The van der Waals surface area contributed by atoms with Crippen LogP contribution >= 0.6 is 0 Å². The number of rotatable bonds is 2. The van der Waals surface area contributed by atoms with Crippen LogP contribution in [-0.2, 0) is 0 Å². The summed E-state index contributed by atoms with van der Waals surface area (Å²) in [6.45, 7) is 8.20. The first kappa shape index (κ1) is 13.7. The molecule has 2 aliphatic heterocycles. The summed E-state index contributed by atoms with van der Waals surface area (Å²) < 4.78 is 0. The van der Waals surface area contributed by atoms with Crippen molar-refractivity contribution in [3.8, 4) is 0 Å². The molecule has 0 radical (unpaired) electrons. The normalized spacial score (nSPS) is 18.6. The number of nitrogens with zero attached hydrogens (tertiary/aromatic N) is 6. The lowest BCUT2D eigenvalue weighted by molar-refractivity contribution is 0.874. The van der Waals surface area contributed by atoms with Crippen molar-refractivity contribution in [2.24, 2.45) is 0 Å². The van der Waals surface area contributed by atoms with Gasteiger partial charge in [-0.05, 0) is 39.5 Å². The van der Waals surface area contributed by atoms with Crippen molar-refractivity contribution in [2.75, 3.05) is 36.0 Å². The molecule has 0 aromatic carbocycles. The van der Waals surface area contributed by atoms with Crippen LogP contribution in [0.3, 0.4) is 0 Å². The zero-order valence-corrected chi connectivity index (χ0v) is 13.3. The van der Waals surface area contributed by atoms with Gasteiger partial charge < -0.3 is 9.80 Å². The highest BCUT2D eigenvalue weighted by Crippen LogP contribution is 2.28. The molecule has 0 spiro atoms. The van der Waals surface area contributed by atoms with Crippen molar-refractivity contribution in [3.63, 3.8) is 0 Å². The zero-order chi connectivity index (χ0) is 15.1. The van der Waals surface area contributed by atoms with Gasteiger partial charge in [0.15, 0.2) is 17.0 Å². The van der Waals surface area contributed by atoms with E-state index in [4.69, 9.17) is 15.0 Å². The second-order valence-corrected chi connectivity index (χ2v) is 6.30. The molecule has 4 heterocycles. The van der Waals surface area contributed by atoms with Gasteiger partial charge in [0.1, 0.15) is 0 Å². The molecule has 0 atom stereocenters. The molecular formula is C16H22N6. The first-order valence-corrected chi connectivity index (χ1v) is 8.25. The maximum atomic E-state index is 4.87. The Kier molecular flexibility index (Phi) is 3.32. The van der Waals surface area contributed by atoms with E-state index in [1.165, 1.54) is 25.7 Å². The molecular weight excluding hydrogens is 276 g/mol. The summed E-state index contributed by atoms with van der Waals surface area (Å²) in [5.74, 6) is 1.80. The molecule has 0 bridgehead atoms.